The van der Waals surface area contributed by atoms with E-state index in [0.29, 0.717) is 23.1 Å². The van der Waals surface area contributed by atoms with Gasteiger partial charge in [-0.3, -0.25) is 14.4 Å². The van der Waals surface area contributed by atoms with Crippen molar-refractivity contribution in [2.75, 3.05) is 24.8 Å². The number of furan rings is 1. The van der Waals surface area contributed by atoms with Gasteiger partial charge < -0.3 is 20.2 Å². The number of aromatic hydroxyl groups is 1. The van der Waals surface area contributed by atoms with Crippen molar-refractivity contribution in [3.05, 3.63) is 61.8 Å². The molecule has 0 aliphatic carbocycles. The summed E-state index contributed by atoms with van der Waals surface area (Å²) in [4.78, 5) is 28.5. The first kappa shape index (κ1) is 23.8. The van der Waals surface area contributed by atoms with Crippen molar-refractivity contribution in [3.63, 3.8) is 0 Å². The van der Waals surface area contributed by atoms with E-state index in [4.69, 9.17) is 20.9 Å². The van der Waals surface area contributed by atoms with E-state index in [1.165, 1.54) is 12.1 Å². The van der Waals surface area contributed by atoms with Gasteiger partial charge in [0.1, 0.15) is 22.0 Å². The van der Waals surface area contributed by atoms with Gasteiger partial charge in [0, 0.05) is 19.5 Å². The number of benzene rings is 1. The second-order valence-electron chi connectivity index (χ2n) is 6.94. The molecule has 0 amide bonds. The Morgan fingerprint density at radius 2 is 1.91 bits per heavy atom. The third kappa shape index (κ3) is 4.37. The monoisotopic (exact) mass is 483 g/mol. The zero-order valence-corrected chi connectivity index (χ0v) is 19.1. The number of halogens is 1. The average Bonchev–Trinajstić information content (AvgIpc) is 3.28. The van der Waals surface area contributed by atoms with Crippen molar-refractivity contribution in [2.45, 2.75) is 30.7 Å². The highest BCUT2D eigenvalue weighted by Gasteiger charge is 2.31. The summed E-state index contributed by atoms with van der Waals surface area (Å²) in [5, 5.41) is 16.0. The number of sulfonamides is 1. The number of phenols is 1. The van der Waals surface area contributed by atoms with Crippen LogP contribution < -0.4 is 21.5 Å². The lowest BCUT2D eigenvalue weighted by atomic mass is 10.1. The van der Waals surface area contributed by atoms with E-state index in [1.807, 2.05) is 6.92 Å². The van der Waals surface area contributed by atoms with Crippen molar-refractivity contribution in [3.8, 4) is 5.75 Å². The van der Waals surface area contributed by atoms with Crippen LogP contribution in [-0.4, -0.2) is 38.2 Å². The fraction of sp³-hybridized carbons (Fsp3) is 0.300. The Hall–Kier alpha value is -2.86. The Kier molecular flexibility index (Phi) is 6.94. The molecule has 0 bridgehead atoms. The largest absolute Gasteiger partial charge is 0.504 e. The molecule has 1 heterocycles. The van der Waals surface area contributed by atoms with E-state index in [0.717, 1.165) is 14.2 Å². The molecule has 0 fully saturated rings. The Balaban J connectivity index is 1.92. The van der Waals surface area contributed by atoms with Gasteiger partial charge in [-0.2, -0.15) is 0 Å². The molecular weight excluding hydrogens is 462 g/mol. The van der Waals surface area contributed by atoms with Crippen LogP contribution in [0.5, 0.6) is 5.75 Å². The number of anilines is 3. The first-order valence-corrected chi connectivity index (χ1v) is 11.4. The lowest BCUT2D eigenvalue weighted by Crippen LogP contribution is -2.39. The SMILES string of the molecule is CC[C@@H](Cc1ccco1)Nc1c(Nc2ccc(Cl)c(S(=O)(=O)N(C)OC)c2O)c(=O)c1=O. The van der Waals surface area contributed by atoms with Crippen LogP contribution in [0.25, 0.3) is 0 Å². The van der Waals surface area contributed by atoms with E-state index < -0.39 is 31.5 Å². The number of rotatable bonds is 10. The minimum atomic E-state index is -4.29. The molecule has 0 aliphatic rings. The van der Waals surface area contributed by atoms with Gasteiger partial charge in [0.2, 0.25) is 0 Å². The quantitative estimate of drug-likeness (QED) is 0.225. The number of nitrogens with one attached hydrogen (secondary N) is 2. The lowest BCUT2D eigenvalue weighted by Gasteiger charge is -2.22. The van der Waals surface area contributed by atoms with Crippen molar-refractivity contribution in [2.24, 2.45) is 0 Å². The molecule has 0 aliphatic heterocycles. The number of hydroxylamine groups is 1. The standard InChI is InChI=1S/C20H22ClN3O7S/c1-4-11(10-12-6-5-9-31-12)22-15-16(19(27)18(15)26)23-14-8-7-13(21)20(17(14)25)32(28,29)24(2)30-3/h5-9,11,22-23,25H,4,10H2,1-3H3/t11-/m0/s1. The van der Waals surface area contributed by atoms with E-state index in [2.05, 4.69) is 10.6 Å². The predicted molar refractivity (Wildman–Crippen MR) is 120 cm³/mol. The van der Waals surface area contributed by atoms with Gasteiger partial charge in [-0.1, -0.05) is 23.0 Å². The minimum absolute atomic E-state index is 0.0428. The normalized spacial score (nSPS) is 12.9. The molecule has 0 saturated carbocycles. The van der Waals surface area contributed by atoms with Crippen LogP contribution in [0.3, 0.4) is 0 Å². The number of nitrogens with zero attached hydrogens (tertiary/aromatic N) is 1. The zero-order chi connectivity index (χ0) is 23.6. The number of hydrogen-bond acceptors (Lipinski definition) is 9. The van der Waals surface area contributed by atoms with E-state index in [1.54, 1.807) is 18.4 Å². The second-order valence-corrected chi connectivity index (χ2v) is 9.22. The van der Waals surface area contributed by atoms with Crippen molar-refractivity contribution in [1.82, 2.24) is 4.47 Å². The molecule has 1 atom stereocenters. The summed E-state index contributed by atoms with van der Waals surface area (Å²) in [6.45, 7) is 1.91. The van der Waals surface area contributed by atoms with Gasteiger partial charge in [0.05, 0.1) is 24.1 Å². The molecule has 3 rings (SSSR count). The van der Waals surface area contributed by atoms with Crippen LogP contribution in [-0.2, 0) is 21.3 Å². The molecule has 0 spiro atoms. The van der Waals surface area contributed by atoms with Gasteiger partial charge >= 0.3 is 0 Å². The van der Waals surface area contributed by atoms with Crippen LogP contribution >= 0.6 is 11.6 Å². The number of phenolic OH excluding ortho intramolecular Hbond substituents is 1. The van der Waals surface area contributed by atoms with Gasteiger partial charge in [0.15, 0.2) is 5.75 Å². The van der Waals surface area contributed by atoms with Crippen molar-refractivity contribution >= 4 is 38.7 Å². The average molecular weight is 484 g/mol. The molecule has 12 heteroatoms. The van der Waals surface area contributed by atoms with Gasteiger partial charge in [-0.15, -0.1) is 0 Å². The summed E-state index contributed by atoms with van der Waals surface area (Å²) >= 11 is 6.00. The van der Waals surface area contributed by atoms with Crippen LogP contribution in [0, 0.1) is 0 Å². The highest BCUT2D eigenvalue weighted by atomic mass is 35.5. The molecular formula is C20H22ClN3O7S. The third-order valence-corrected chi connectivity index (χ3v) is 7.16. The second kappa shape index (κ2) is 9.33. The summed E-state index contributed by atoms with van der Waals surface area (Å²) in [6, 6.07) is 5.89. The predicted octanol–water partition coefficient (Wildman–Crippen LogP) is 2.59. The molecule has 32 heavy (non-hydrogen) atoms. The highest BCUT2D eigenvalue weighted by Crippen LogP contribution is 2.39. The van der Waals surface area contributed by atoms with Crippen LogP contribution in [0.4, 0.5) is 17.1 Å². The molecule has 3 aromatic rings. The fourth-order valence-corrected chi connectivity index (χ4v) is 4.64. The van der Waals surface area contributed by atoms with Gasteiger partial charge in [-0.25, -0.2) is 8.42 Å². The maximum Gasteiger partial charge on any atom is 0.269 e. The Labute approximate surface area is 189 Å². The first-order chi connectivity index (χ1) is 15.1. The summed E-state index contributed by atoms with van der Waals surface area (Å²) in [5.74, 6) is -0.00644. The highest BCUT2D eigenvalue weighted by molar-refractivity contribution is 7.89. The maximum atomic E-state index is 12.6. The van der Waals surface area contributed by atoms with Crippen LogP contribution in [0.2, 0.25) is 5.02 Å². The molecule has 0 radical (unpaired) electrons. The molecule has 0 unspecified atom stereocenters. The maximum absolute atomic E-state index is 12.6. The first-order valence-electron chi connectivity index (χ1n) is 9.55. The fourth-order valence-electron chi connectivity index (χ4n) is 3.08. The Morgan fingerprint density at radius 1 is 1.22 bits per heavy atom. The Morgan fingerprint density at radius 3 is 2.50 bits per heavy atom. The Bertz CT molecular complexity index is 1280. The molecule has 0 saturated heterocycles. The van der Waals surface area contributed by atoms with E-state index in [-0.39, 0.29) is 28.1 Å². The lowest BCUT2D eigenvalue weighted by molar-refractivity contribution is -0.0259. The molecule has 10 nitrogen and oxygen atoms in total. The van der Waals surface area contributed by atoms with Gasteiger partial charge in [0.25, 0.3) is 20.9 Å². The molecule has 3 N–H and O–H groups in total. The summed E-state index contributed by atoms with van der Waals surface area (Å²) < 4.78 is 31.1. The van der Waals surface area contributed by atoms with Crippen LogP contribution in [0.1, 0.15) is 19.1 Å². The molecule has 2 aromatic carbocycles. The third-order valence-electron chi connectivity index (χ3n) is 4.98. The topological polar surface area (TPSA) is 138 Å². The van der Waals surface area contributed by atoms with Gasteiger partial charge in [-0.05, 0) is 30.7 Å². The van der Waals surface area contributed by atoms with Crippen molar-refractivity contribution < 1.29 is 22.8 Å². The minimum Gasteiger partial charge on any atom is -0.504 e. The molecule has 1 aromatic heterocycles. The zero-order valence-electron chi connectivity index (χ0n) is 17.5. The summed E-state index contributed by atoms with van der Waals surface area (Å²) in [5.41, 5.74) is -1.68. The smallest absolute Gasteiger partial charge is 0.269 e. The van der Waals surface area contributed by atoms with Crippen molar-refractivity contribution in [1.29, 1.82) is 0 Å². The van der Waals surface area contributed by atoms with E-state index in [9.17, 15) is 23.1 Å². The number of hydrogen-bond donors (Lipinski definition) is 3. The van der Waals surface area contributed by atoms with E-state index >= 15 is 0 Å². The summed E-state index contributed by atoms with van der Waals surface area (Å²) in [6.07, 6.45) is 2.67. The molecule has 172 valence electrons. The van der Waals surface area contributed by atoms with Crippen LogP contribution in [0.15, 0.2) is 49.4 Å². The summed E-state index contributed by atoms with van der Waals surface area (Å²) in [7, 11) is -2.02.